The van der Waals surface area contributed by atoms with Gasteiger partial charge in [-0.1, -0.05) is 29.8 Å². The quantitative estimate of drug-likeness (QED) is 0.769. The minimum absolute atomic E-state index is 0.0697. The molecule has 2 amide bonds. The first kappa shape index (κ1) is 21.6. The maximum atomic E-state index is 12.6. The summed E-state index contributed by atoms with van der Waals surface area (Å²) in [5.74, 6) is 1.05. The Morgan fingerprint density at radius 1 is 1.00 bits per heavy atom. The Hall–Kier alpha value is -2.64. The molecule has 0 unspecified atom stereocenters. The van der Waals surface area contributed by atoms with E-state index in [1.54, 1.807) is 17.2 Å². The molecule has 3 heterocycles. The van der Waals surface area contributed by atoms with Crippen LogP contribution in [-0.2, 0) is 4.74 Å². The number of hydrogen-bond acceptors (Lipinski definition) is 5. The first-order valence-corrected chi connectivity index (χ1v) is 11.1. The largest absolute Gasteiger partial charge is 0.378 e. The molecule has 0 atom stereocenters. The molecule has 2 fully saturated rings. The number of amides is 2. The van der Waals surface area contributed by atoms with Gasteiger partial charge in [0.1, 0.15) is 5.82 Å². The summed E-state index contributed by atoms with van der Waals surface area (Å²) in [5.41, 5.74) is 1.23. The highest BCUT2D eigenvalue weighted by molar-refractivity contribution is 6.33. The zero-order valence-corrected chi connectivity index (χ0v) is 18.2. The lowest BCUT2D eigenvalue weighted by Gasteiger charge is -2.32. The highest BCUT2D eigenvalue weighted by Gasteiger charge is 2.24. The summed E-state index contributed by atoms with van der Waals surface area (Å²) in [6, 6.07) is 11.1. The molecule has 0 radical (unpaired) electrons. The van der Waals surface area contributed by atoms with E-state index >= 15 is 0 Å². The molecule has 4 rings (SSSR count). The van der Waals surface area contributed by atoms with Gasteiger partial charge in [-0.05, 0) is 37.0 Å². The number of anilines is 1. The molecule has 164 valence electrons. The van der Waals surface area contributed by atoms with Crippen LogP contribution in [0.5, 0.6) is 0 Å². The van der Waals surface area contributed by atoms with Gasteiger partial charge in [0.05, 0.1) is 23.8 Å². The van der Waals surface area contributed by atoms with Crippen LogP contribution in [0.4, 0.5) is 5.82 Å². The summed E-state index contributed by atoms with van der Waals surface area (Å²) in [5, 5.41) is 3.75. The zero-order chi connectivity index (χ0) is 21.6. The number of aromatic nitrogens is 1. The number of carbonyl (C=O) groups excluding carboxylic acids is 2. The van der Waals surface area contributed by atoms with Crippen LogP contribution < -0.4 is 5.32 Å². The Bertz CT molecular complexity index is 910. The molecule has 2 aliphatic heterocycles. The maximum Gasteiger partial charge on any atom is 0.255 e. The minimum atomic E-state index is -0.0697. The molecule has 0 saturated carbocycles. The lowest BCUT2D eigenvalue weighted by molar-refractivity contribution is 0.0302. The summed E-state index contributed by atoms with van der Waals surface area (Å²) in [7, 11) is 0. The molecular weight excluding hydrogens is 416 g/mol. The zero-order valence-electron chi connectivity index (χ0n) is 17.4. The monoisotopic (exact) mass is 442 g/mol. The van der Waals surface area contributed by atoms with Gasteiger partial charge >= 0.3 is 0 Å². The molecule has 0 spiro atoms. The van der Waals surface area contributed by atoms with E-state index in [0.29, 0.717) is 48.6 Å². The summed E-state index contributed by atoms with van der Waals surface area (Å²) < 4.78 is 5.29. The molecule has 1 aromatic heterocycles. The van der Waals surface area contributed by atoms with Crippen LogP contribution in [0, 0.1) is 5.92 Å². The van der Waals surface area contributed by atoms with Crippen LogP contribution in [0.1, 0.15) is 33.6 Å². The lowest BCUT2D eigenvalue weighted by Crippen LogP contribution is -2.40. The number of nitrogens with one attached hydrogen (secondary N) is 1. The molecule has 2 aromatic rings. The number of carbonyl (C=O) groups is 2. The van der Waals surface area contributed by atoms with Crippen molar-refractivity contribution in [3.63, 3.8) is 0 Å². The molecule has 1 N–H and O–H groups in total. The van der Waals surface area contributed by atoms with E-state index in [1.807, 2.05) is 35.2 Å². The second-order valence-corrected chi connectivity index (χ2v) is 8.35. The molecule has 2 aliphatic rings. The van der Waals surface area contributed by atoms with E-state index in [2.05, 4.69) is 10.3 Å². The van der Waals surface area contributed by atoms with E-state index in [-0.39, 0.29) is 11.8 Å². The molecule has 0 aliphatic carbocycles. The molecule has 8 heteroatoms. The van der Waals surface area contributed by atoms with Crippen molar-refractivity contribution in [2.45, 2.75) is 12.8 Å². The highest BCUT2D eigenvalue weighted by atomic mass is 35.5. The molecule has 0 bridgehead atoms. The lowest BCUT2D eigenvalue weighted by atomic mass is 9.96. The van der Waals surface area contributed by atoms with E-state index in [0.717, 1.165) is 38.0 Å². The fourth-order valence-corrected chi connectivity index (χ4v) is 4.21. The summed E-state index contributed by atoms with van der Waals surface area (Å²) >= 11 is 6.39. The fraction of sp³-hybridized carbons (Fsp3) is 0.435. The van der Waals surface area contributed by atoms with Gasteiger partial charge < -0.3 is 19.9 Å². The molecule has 1 aromatic carbocycles. The van der Waals surface area contributed by atoms with Gasteiger partial charge in [-0.15, -0.1) is 0 Å². The van der Waals surface area contributed by atoms with Crippen LogP contribution in [0.25, 0.3) is 0 Å². The van der Waals surface area contributed by atoms with Gasteiger partial charge in [-0.25, -0.2) is 4.98 Å². The van der Waals surface area contributed by atoms with Crippen molar-refractivity contribution in [3.8, 4) is 0 Å². The third kappa shape index (κ3) is 5.35. The van der Waals surface area contributed by atoms with E-state index in [4.69, 9.17) is 16.3 Å². The van der Waals surface area contributed by atoms with Gasteiger partial charge in [0, 0.05) is 44.5 Å². The standard InChI is InChI=1S/C23H27ClN4O3/c24-20-14-19(23(30)28-10-12-31-13-11-28)16-26-21(20)25-15-17-6-8-27(9-7-17)22(29)18-4-2-1-3-5-18/h1-5,14,16-17H,6-13,15H2,(H,25,26). The Labute approximate surface area is 187 Å². The highest BCUT2D eigenvalue weighted by Crippen LogP contribution is 2.24. The second kappa shape index (κ2) is 10.1. The number of benzene rings is 1. The van der Waals surface area contributed by atoms with Crippen LogP contribution in [0.3, 0.4) is 0 Å². The predicted molar refractivity (Wildman–Crippen MR) is 120 cm³/mol. The Kier molecular flexibility index (Phi) is 7.04. The van der Waals surface area contributed by atoms with Gasteiger partial charge in [0.2, 0.25) is 0 Å². The summed E-state index contributed by atoms with van der Waals surface area (Å²) in [4.78, 5) is 33.2. The molecule has 7 nitrogen and oxygen atoms in total. The van der Waals surface area contributed by atoms with Crippen molar-refractivity contribution in [3.05, 3.63) is 58.7 Å². The summed E-state index contributed by atoms with van der Waals surface area (Å²) in [6.45, 7) is 4.51. The van der Waals surface area contributed by atoms with Crippen molar-refractivity contribution in [1.29, 1.82) is 0 Å². The first-order chi connectivity index (χ1) is 15.1. The first-order valence-electron chi connectivity index (χ1n) is 10.7. The van der Waals surface area contributed by atoms with E-state index in [1.165, 1.54) is 0 Å². The third-order valence-corrected chi connectivity index (χ3v) is 6.16. The minimum Gasteiger partial charge on any atom is -0.378 e. The number of nitrogens with zero attached hydrogens (tertiary/aromatic N) is 3. The molecular formula is C23H27ClN4O3. The number of halogens is 1. The molecule has 2 saturated heterocycles. The predicted octanol–water partition coefficient (Wildman–Crippen LogP) is 3.17. The van der Waals surface area contributed by atoms with Gasteiger partial charge in [0.25, 0.3) is 11.8 Å². The number of pyridine rings is 1. The maximum absolute atomic E-state index is 12.6. The van der Waals surface area contributed by atoms with Crippen molar-refractivity contribution in [1.82, 2.24) is 14.8 Å². The van der Waals surface area contributed by atoms with Crippen molar-refractivity contribution < 1.29 is 14.3 Å². The van der Waals surface area contributed by atoms with E-state index < -0.39 is 0 Å². The van der Waals surface area contributed by atoms with E-state index in [9.17, 15) is 9.59 Å². The number of ether oxygens (including phenoxy) is 1. The second-order valence-electron chi connectivity index (χ2n) is 7.94. The van der Waals surface area contributed by atoms with Gasteiger partial charge in [0.15, 0.2) is 0 Å². The van der Waals surface area contributed by atoms with Crippen LogP contribution in [-0.4, -0.2) is 72.5 Å². The topological polar surface area (TPSA) is 74.8 Å². The number of piperidine rings is 1. The Morgan fingerprint density at radius 2 is 1.65 bits per heavy atom. The van der Waals surface area contributed by atoms with Crippen molar-refractivity contribution in [2.75, 3.05) is 51.3 Å². The van der Waals surface area contributed by atoms with Gasteiger partial charge in [-0.2, -0.15) is 0 Å². The van der Waals surface area contributed by atoms with Crippen LogP contribution in [0.2, 0.25) is 5.02 Å². The van der Waals surface area contributed by atoms with Crippen molar-refractivity contribution in [2.24, 2.45) is 5.92 Å². The van der Waals surface area contributed by atoms with Crippen LogP contribution >= 0.6 is 11.6 Å². The van der Waals surface area contributed by atoms with Crippen LogP contribution in [0.15, 0.2) is 42.6 Å². The summed E-state index contributed by atoms with van der Waals surface area (Å²) in [6.07, 6.45) is 3.43. The number of hydrogen-bond donors (Lipinski definition) is 1. The number of morpholine rings is 1. The Balaban J connectivity index is 1.27. The average Bonchev–Trinajstić information content (AvgIpc) is 2.84. The molecule has 31 heavy (non-hydrogen) atoms. The van der Waals surface area contributed by atoms with Crippen molar-refractivity contribution >= 4 is 29.2 Å². The van der Waals surface area contributed by atoms with Gasteiger partial charge in [-0.3, -0.25) is 9.59 Å². The third-order valence-electron chi connectivity index (χ3n) is 5.87. The fourth-order valence-electron chi connectivity index (χ4n) is 3.98. The number of likely N-dealkylation sites (tertiary alicyclic amines) is 1. The SMILES string of the molecule is O=C(c1cnc(NCC2CCN(C(=O)c3ccccc3)CC2)c(Cl)c1)N1CCOCC1. The number of rotatable bonds is 5. The Morgan fingerprint density at radius 3 is 2.32 bits per heavy atom. The normalized spacial score (nSPS) is 17.5. The smallest absolute Gasteiger partial charge is 0.255 e. The average molecular weight is 443 g/mol.